The minimum absolute atomic E-state index is 0.0727. The molecule has 31 heavy (non-hydrogen) atoms. The van der Waals surface area contributed by atoms with Gasteiger partial charge < -0.3 is 9.80 Å². The molecule has 0 unspecified atom stereocenters. The van der Waals surface area contributed by atoms with Gasteiger partial charge in [-0.25, -0.2) is 9.97 Å². The van der Waals surface area contributed by atoms with Crippen LogP contribution in [-0.2, 0) is 13.0 Å². The van der Waals surface area contributed by atoms with E-state index in [2.05, 4.69) is 22.1 Å². The molecule has 0 saturated carbocycles. The van der Waals surface area contributed by atoms with Crippen LogP contribution < -0.4 is 4.90 Å². The lowest BCUT2D eigenvalue weighted by atomic mass is 9.99. The van der Waals surface area contributed by atoms with Crippen LogP contribution in [0.2, 0.25) is 0 Å². The first-order valence-electron chi connectivity index (χ1n) is 10.4. The number of nitrogens with zero attached hydrogens (tertiary/aromatic N) is 5. The van der Waals surface area contributed by atoms with Crippen LogP contribution in [0.1, 0.15) is 21.6 Å². The van der Waals surface area contributed by atoms with Crippen molar-refractivity contribution in [3.8, 4) is 11.1 Å². The molecule has 2 aromatic heterocycles. The molecule has 0 N–H and O–H groups in total. The standard InChI is InChI=1S/C25H23N5O/c1-29(2)25-26-14-18(15-27-25)20-7-5-8-21-22(20)16-30(24(21)31)13-12-19-11-10-17-6-3-4-9-23(17)28-19/h3-11,14-15H,12-13,16H2,1-2H3. The van der Waals surface area contributed by atoms with Gasteiger partial charge in [0, 0.05) is 68.2 Å². The van der Waals surface area contributed by atoms with Gasteiger partial charge in [-0.05, 0) is 29.3 Å². The number of benzene rings is 2. The predicted octanol–water partition coefficient (Wildman–Crippen LogP) is 3.96. The molecular weight excluding hydrogens is 386 g/mol. The summed E-state index contributed by atoms with van der Waals surface area (Å²) in [5.74, 6) is 0.736. The Bertz CT molecular complexity index is 1270. The number of hydrogen-bond donors (Lipinski definition) is 0. The Balaban J connectivity index is 1.36. The Labute approximate surface area is 181 Å². The Morgan fingerprint density at radius 1 is 0.935 bits per heavy atom. The van der Waals surface area contributed by atoms with Gasteiger partial charge in [-0.3, -0.25) is 9.78 Å². The highest BCUT2D eigenvalue weighted by Gasteiger charge is 2.29. The summed E-state index contributed by atoms with van der Waals surface area (Å²) in [5.41, 5.74) is 5.73. The van der Waals surface area contributed by atoms with Crippen molar-refractivity contribution in [2.24, 2.45) is 0 Å². The van der Waals surface area contributed by atoms with E-state index < -0.39 is 0 Å². The second-order valence-corrected chi connectivity index (χ2v) is 7.97. The lowest BCUT2D eigenvalue weighted by molar-refractivity contribution is 0.0780. The molecule has 0 radical (unpaired) electrons. The summed E-state index contributed by atoms with van der Waals surface area (Å²) in [6.45, 7) is 1.22. The Kier molecular flexibility index (Phi) is 4.82. The predicted molar refractivity (Wildman–Crippen MR) is 122 cm³/mol. The number of amides is 1. The van der Waals surface area contributed by atoms with Crippen molar-refractivity contribution >= 4 is 22.8 Å². The quantitative estimate of drug-likeness (QED) is 0.499. The molecule has 1 aliphatic heterocycles. The number of pyridine rings is 1. The number of aromatic nitrogens is 3. The Morgan fingerprint density at radius 3 is 2.52 bits per heavy atom. The summed E-state index contributed by atoms with van der Waals surface area (Å²) in [6, 6.07) is 18.1. The van der Waals surface area contributed by atoms with Crippen LogP contribution in [0.25, 0.3) is 22.0 Å². The highest BCUT2D eigenvalue weighted by atomic mass is 16.2. The summed E-state index contributed by atoms with van der Waals surface area (Å²) in [6.07, 6.45) is 4.37. The van der Waals surface area contributed by atoms with Crippen molar-refractivity contribution in [1.29, 1.82) is 0 Å². The average Bonchev–Trinajstić information content (AvgIpc) is 3.13. The highest BCUT2D eigenvalue weighted by Crippen LogP contribution is 2.32. The Morgan fingerprint density at radius 2 is 1.71 bits per heavy atom. The number of carbonyl (C=O) groups excluding carboxylic acids is 1. The van der Waals surface area contributed by atoms with Crippen LogP contribution in [0.5, 0.6) is 0 Å². The molecule has 154 valence electrons. The van der Waals surface area contributed by atoms with Crippen molar-refractivity contribution < 1.29 is 4.79 Å². The third-order valence-corrected chi connectivity index (χ3v) is 5.69. The maximum atomic E-state index is 13.0. The van der Waals surface area contributed by atoms with Crippen LogP contribution in [0.4, 0.5) is 5.95 Å². The molecule has 1 aliphatic rings. The van der Waals surface area contributed by atoms with Gasteiger partial charge in [0.1, 0.15) is 0 Å². The van der Waals surface area contributed by atoms with Gasteiger partial charge in [-0.1, -0.05) is 36.4 Å². The van der Waals surface area contributed by atoms with Crippen LogP contribution in [0.15, 0.2) is 67.0 Å². The fourth-order valence-electron chi connectivity index (χ4n) is 4.03. The van der Waals surface area contributed by atoms with E-state index in [9.17, 15) is 4.79 Å². The molecule has 5 rings (SSSR count). The number of anilines is 1. The molecule has 0 saturated heterocycles. The number of rotatable bonds is 5. The van der Waals surface area contributed by atoms with Crippen LogP contribution in [0.3, 0.4) is 0 Å². The molecule has 1 amide bonds. The zero-order valence-electron chi connectivity index (χ0n) is 17.6. The SMILES string of the molecule is CN(C)c1ncc(-c2cccc3c2CN(CCc2ccc4ccccc4n2)C3=O)cn1. The van der Waals surface area contributed by atoms with Gasteiger partial charge in [0.25, 0.3) is 5.91 Å². The van der Waals surface area contributed by atoms with E-state index >= 15 is 0 Å². The molecule has 0 spiro atoms. The van der Waals surface area contributed by atoms with E-state index in [4.69, 9.17) is 4.98 Å². The zero-order chi connectivity index (χ0) is 21.4. The van der Waals surface area contributed by atoms with Crippen LogP contribution in [-0.4, -0.2) is 46.4 Å². The van der Waals surface area contributed by atoms with E-state index in [1.165, 1.54) is 0 Å². The van der Waals surface area contributed by atoms with Crippen LogP contribution >= 0.6 is 0 Å². The molecule has 6 heteroatoms. The fourth-order valence-corrected chi connectivity index (χ4v) is 4.03. The number of para-hydroxylation sites is 1. The highest BCUT2D eigenvalue weighted by molar-refractivity contribution is 6.00. The largest absolute Gasteiger partial charge is 0.347 e. The molecule has 2 aromatic carbocycles. The number of carbonyl (C=O) groups is 1. The van der Waals surface area contributed by atoms with Crippen LogP contribution in [0, 0.1) is 0 Å². The maximum absolute atomic E-state index is 13.0. The number of fused-ring (bicyclic) bond motifs is 2. The normalized spacial score (nSPS) is 13.0. The minimum Gasteiger partial charge on any atom is -0.347 e. The minimum atomic E-state index is 0.0727. The molecule has 0 aliphatic carbocycles. The monoisotopic (exact) mass is 409 g/mol. The first-order chi connectivity index (χ1) is 15.1. The number of hydrogen-bond acceptors (Lipinski definition) is 5. The topological polar surface area (TPSA) is 62.2 Å². The molecule has 0 bridgehead atoms. The van der Waals surface area contributed by atoms with E-state index in [1.54, 1.807) is 0 Å². The average molecular weight is 409 g/mol. The molecule has 3 heterocycles. The second kappa shape index (κ2) is 7.80. The summed E-state index contributed by atoms with van der Waals surface area (Å²) < 4.78 is 0. The van der Waals surface area contributed by atoms with Crippen molar-refractivity contribution in [2.75, 3.05) is 25.5 Å². The molecule has 0 fully saturated rings. The third kappa shape index (κ3) is 3.61. The van der Waals surface area contributed by atoms with Crippen molar-refractivity contribution in [3.63, 3.8) is 0 Å². The molecule has 4 aromatic rings. The lowest BCUT2D eigenvalue weighted by Gasteiger charge is -2.15. The van der Waals surface area contributed by atoms with E-state index in [0.29, 0.717) is 19.0 Å². The smallest absolute Gasteiger partial charge is 0.254 e. The molecular formula is C25H23N5O. The Hall–Kier alpha value is -3.80. The van der Waals surface area contributed by atoms with Crippen molar-refractivity contribution in [2.45, 2.75) is 13.0 Å². The van der Waals surface area contributed by atoms with Crippen molar-refractivity contribution in [1.82, 2.24) is 19.9 Å². The van der Waals surface area contributed by atoms with E-state index in [1.807, 2.05) is 78.8 Å². The molecule has 0 atom stereocenters. The zero-order valence-corrected chi connectivity index (χ0v) is 17.6. The second-order valence-electron chi connectivity index (χ2n) is 7.97. The third-order valence-electron chi connectivity index (χ3n) is 5.69. The van der Waals surface area contributed by atoms with Gasteiger partial charge in [-0.2, -0.15) is 0 Å². The first kappa shape index (κ1) is 19.2. The van der Waals surface area contributed by atoms with Gasteiger partial charge in [-0.15, -0.1) is 0 Å². The van der Waals surface area contributed by atoms with Gasteiger partial charge in [0.2, 0.25) is 5.95 Å². The van der Waals surface area contributed by atoms with Crippen molar-refractivity contribution in [3.05, 3.63) is 83.8 Å². The van der Waals surface area contributed by atoms with E-state index in [0.717, 1.165) is 45.3 Å². The van der Waals surface area contributed by atoms with Gasteiger partial charge in [0.15, 0.2) is 0 Å². The first-order valence-corrected chi connectivity index (χ1v) is 10.4. The summed E-state index contributed by atoms with van der Waals surface area (Å²) in [4.78, 5) is 30.4. The maximum Gasteiger partial charge on any atom is 0.254 e. The summed E-state index contributed by atoms with van der Waals surface area (Å²) in [7, 11) is 3.83. The lowest BCUT2D eigenvalue weighted by Crippen LogP contribution is -2.26. The molecule has 6 nitrogen and oxygen atoms in total. The summed E-state index contributed by atoms with van der Waals surface area (Å²) >= 11 is 0. The van der Waals surface area contributed by atoms with Gasteiger partial charge in [0.05, 0.1) is 5.52 Å². The summed E-state index contributed by atoms with van der Waals surface area (Å²) in [5, 5.41) is 1.13. The fraction of sp³-hybridized carbons (Fsp3) is 0.200. The van der Waals surface area contributed by atoms with E-state index in [-0.39, 0.29) is 5.91 Å². The van der Waals surface area contributed by atoms with Gasteiger partial charge >= 0.3 is 0 Å².